The van der Waals surface area contributed by atoms with Gasteiger partial charge in [0.1, 0.15) is 0 Å². The zero-order chi connectivity index (χ0) is 29.5. The number of hydrogen-bond acceptors (Lipinski definition) is 2. The Morgan fingerprint density at radius 2 is 1.18 bits per heavy atom. The first kappa shape index (κ1) is 24.8. The van der Waals surface area contributed by atoms with Crippen LogP contribution in [0, 0.1) is 0 Å². The number of benzene rings is 7. The van der Waals surface area contributed by atoms with Gasteiger partial charge in [0.25, 0.3) is 0 Å². The van der Waals surface area contributed by atoms with E-state index >= 15 is 0 Å². The minimum Gasteiger partial charge on any atom is -0.354 e. The van der Waals surface area contributed by atoms with Gasteiger partial charge in [0.2, 0.25) is 0 Å². The summed E-state index contributed by atoms with van der Waals surface area (Å²) in [4.78, 5) is 6.20. The largest absolute Gasteiger partial charge is 0.354 e. The van der Waals surface area contributed by atoms with Gasteiger partial charge in [0.05, 0.1) is 5.69 Å². The molecule has 10 rings (SSSR count). The first-order valence-electron chi connectivity index (χ1n) is 15.4. The molecule has 0 bridgehead atoms. The van der Waals surface area contributed by atoms with Gasteiger partial charge in [-0.05, 0) is 76.0 Å². The average molecular weight is 591 g/mol. The third kappa shape index (κ3) is 3.68. The lowest BCUT2D eigenvalue weighted by Crippen LogP contribution is -2.10. The Labute approximate surface area is 264 Å². The Bertz CT molecular complexity index is 2600. The molecule has 0 aliphatic heterocycles. The predicted molar refractivity (Wildman–Crippen MR) is 193 cm³/mol. The molecule has 1 N–H and O–H groups in total. The molecular weight excluding hydrogens is 565 g/mol. The normalized spacial score (nSPS) is 12.0. The highest BCUT2D eigenvalue weighted by Crippen LogP contribution is 2.51. The number of fused-ring (bicyclic) bond motifs is 8. The van der Waals surface area contributed by atoms with Crippen LogP contribution in [0.1, 0.15) is 0 Å². The van der Waals surface area contributed by atoms with Crippen molar-refractivity contribution in [3.8, 4) is 33.5 Å². The number of rotatable bonds is 4. The van der Waals surface area contributed by atoms with Gasteiger partial charge in [-0.3, -0.25) is 0 Å². The van der Waals surface area contributed by atoms with E-state index in [2.05, 4.69) is 162 Å². The second-order valence-electron chi connectivity index (χ2n) is 11.8. The van der Waals surface area contributed by atoms with E-state index in [1.807, 2.05) is 11.3 Å². The fourth-order valence-electron chi connectivity index (χ4n) is 7.31. The molecule has 0 radical (unpaired) electrons. The average Bonchev–Trinajstić information content (AvgIpc) is 3.76. The third-order valence-corrected chi connectivity index (χ3v) is 10.4. The van der Waals surface area contributed by atoms with Crippen molar-refractivity contribution in [3.05, 3.63) is 152 Å². The summed E-state index contributed by atoms with van der Waals surface area (Å²) in [6.07, 6.45) is 0. The molecule has 2 aromatic heterocycles. The van der Waals surface area contributed by atoms with Gasteiger partial charge in [-0.15, -0.1) is 11.3 Å². The van der Waals surface area contributed by atoms with Crippen LogP contribution in [0.2, 0.25) is 0 Å². The number of H-pyrrole nitrogens is 1. The van der Waals surface area contributed by atoms with Crippen molar-refractivity contribution in [1.82, 2.24) is 4.98 Å². The highest BCUT2D eigenvalue weighted by molar-refractivity contribution is 7.25. The van der Waals surface area contributed by atoms with Crippen molar-refractivity contribution in [2.75, 3.05) is 4.90 Å². The molecule has 0 saturated heterocycles. The van der Waals surface area contributed by atoms with Gasteiger partial charge in [0.15, 0.2) is 0 Å². The Kier molecular flexibility index (Phi) is 5.19. The summed E-state index contributed by atoms with van der Waals surface area (Å²) in [6, 6.07) is 55.4. The fourth-order valence-corrected chi connectivity index (χ4v) is 8.45. The van der Waals surface area contributed by atoms with E-state index in [0.717, 1.165) is 22.6 Å². The van der Waals surface area contributed by atoms with Crippen molar-refractivity contribution >= 4 is 70.2 Å². The Morgan fingerprint density at radius 3 is 2.09 bits per heavy atom. The van der Waals surface area contributed by atoms with Crippen LogP contribution in [0.4, 0.5) is 17.1 Å². The maximum atomic E-state index is 3.78. The molecule has 0 atom stereocenters. The number of nitrogens with zero attached hydrogens (tertiary/aromatic N) is 1. The van der Waals surface area contributed by atoms with Gasteiger partial charge in [-0.1, -0.05) is 103 Å². The van der Waals surface area contributed by atoms with Crippen molar-refractivity contribution < 1.29 is 0 Å². The second-order valence-corrected chi connectivity index (χ2v) is 12.9. The molecule has 9 aromatic rings. The molecule has 0 spiro atoms. The standard InChI is InChI=1S/C42H26N2S/c1-2-9-26(10-3-1)28-13-6-14-29(23-28)44(31-19-21-33-32-15-4-5-18-38(32)45-39(33)25-31)30-20-22-37-36(24-30)41-34-16-7-11-27-12-8-17-35(40(27)34)42(41)43-37/h1-25,43H. The number of nitrogens with one attached hydrogen (secondary N) is 1. The van der Waals surface area contributed by atoms with E-state index in [9.17, 15) is 0 Å². The van der Waals surface area contributed by atoms with Gasteiger partial charge in [-0.25, -0.2) is 0 Å². The van der Waals surface area contributed by atoms with E-state index in [1.54, 1.807) is 0 Å². The summed E-state index contributed by atoms with van der Waals surface area (Å²) in [7, 11) is 0. The number of thiophene rings is 1. The van der Waals surface area contributed by atoms with Crippen molar-refractivity contribution in [2.24, 2.45) is 0 Å². The van der Waals surface area contributed by atoms with Crippen LogP contribution >= 0.6 is 11.3 Å². The topological polar surface area (TPSA) is 19.0 Å². The molecule has 1 aliphatic rings. The molecule has 210 valence electrons. The lowest BCUT2D eigenvalue weighted by molar-refractivity contribution is 1.29. The summed E-state index contributed by atoms with van der Waals surface area (Å²) in [5.74, 6) is 0. The van der Waals surface area contributed by atoms with Gasteiger partial charge < -0.3 is 9.88 Å². The number of anilines is 3. The van der Waals surface area contributed by atoms with Gasteiger partial charge >= 0.3 is 0 Å². The Balaban J connectivity index is 1.20. The van der Waals surface area contributed by atoms with Crippen molar-refractivity contribution in [2.45, 2.75) is 0 Å². The maximum Gasteiger partial charge on any atom is 0.0551 e. The van der Waals surface area contributed by atoms with E-state index in [1.165, 1.54) is 69.8 Å². The van der Waals surface area contributed by atoms with E-state index in [4.69, 9.17) is 0 Å². The molecule has 0 saturated carbocycles. The summed E-state index contributed by atoms with van der Waals surface area (Å²) in [5.41, 5.74) is 12.1. The third-order valence-electron chi connectivity index (χ3n) is 9.32. The number of aromatic nitrogens is 1. The Hall–Kier alpha value is -5.64. The van der Waals surface area contributed by atoms with Gasteiger partial charge in [0, 0.05) is 59.3 Å². The molecule has 0 amide bonds. The van der Waals surface area contributed by atoms with Crippen LogP contribution in [0.5, 0.6) is 0 Å². The molecule has 3 heteroatoms. The maximum absolute atomic E-state index is 3.78. The lowest BCUT2D eigenvalue weighted by Gasteiger charge is -2.26. The molecule has 1 aliphatic carbocycles. The van der Waals surface area contributed by atoms with Crippen LogP contribution in [-0.4, -0.2) is 4.98 Å². The molecular formula is C42H26N2S. The quantitative estimate of drug-likeness (QED) is 0.216. The zero-order valence-electron chi connectivity index (χ0n) is 24.3. The van der Waals surface area contributed by atoms with Crippen molar-refractivity contribution in [3.63, 3.8) is 0 Å². The molecule has 7 aromatic carbocycles. The molecule has 45 heavy (non-hydrogen) atoms. The summed E-state index contributed by atoms with van der Waals surface area (Å²) >= 11 is 1.86. The lowest BCUT2D eigenvalue weighted by atomic mass is 10.0. The first-order chi connectivity index (χ1) is 22.3. The van der Waals surface area contributed by atoms with Crippen LogP contribution in [-0.2, 0) is 0 Å². The smallest absolute Gasteiger partial charge is 0.0551 e. The molecule has 0 unspecified atom stereocenters. The molecule has 2 heterocycles. The molecule has 2 nitrogen and oxygen atoms in total. The zero-order valence-corrected chi connectivity index (χ0v) is 25.1. The SMILES string of the molecule is c1ccc(-c2cccc(N(c3ccc4c(c3)sc3ccccc34)c3ccc4[nH]c5c(c4c3)-c3cccc4cccc-5c34)c2)cc1. The van der Waals surface area contributed by atoms with Crippen LogP contribution < -0.4 is 4.90 Å². The summed E-state index contributed by atoms with van der Waals surface area (Å²) in [5, 5.41) is 6.51. The second kappa shape index (κ2) is 9.43. The fraction of sp³-hybridized carbons (Fsp3) is 0. The summed E-state index contributed by atoms with van der Waals surface area (Å²) < 4.78 is 2.61. The minimum atomic E-state index is 1.13. The minimum absolute atomic E-state index is 1.13. The predicted octanol–water partition coefficient (Wildman–Crippen LogP) is 12.5. The monoisotopic (exact) mass is 590 g/mol. The van der Waals surface area contributed by atoms with E-state index < -0.39 is 0 Å². The van der Waals surface area contributed by atoms with Crippen LogP contribution in [0.3, 0.4) is 0 Å². The molecule has 0 fully saturated rings. The number of aromatic amines is 1. The summed E-state index contributed by atoms with van der Waals surface area (Å²) in [6.45, 7) is 0. The van der Waals surface area contributed by atoms with Crippen LogP contribution in [0.25, 0.3) is 75.4 Å². The van der Waals surface area contributed by atoms with E-state index in [0.29, 0.717) is 0 Å². The van der Waals surface area contributed by atoms with Crippen LogP contribution in [0.15, 0.2) is 152 Å². The highest BCUT2D eigenvalue weighted by Gasteiger charge is 2.26. The van der Waals surface area contributed by atoms with Gasteiger partial charge in [-0.2, -0.15) is 0 Å². The van der Waals surface area contributed by atoms with Crippen molar-refractivity contribution in [1.29, 1.82) is 0 Å². The first-order valence-corrected chi connectivity index (χ1v) is 16.2. The Morgan fingerprint density at radius 1 is 0.467 bits per heavy atom. The highest BCUT2D eigenvalue weighted by atomic mass is 32.1. The van der Waals surface area contributed by atoms with E-state index in [-0.39, 0.29) is 0 Å². The number of hydrogen-bond donors (Lipinski definition) is 1.